The van der Waals surface area contributed by atoms with Crippen molar-refractivity contribution in [2.24, 2.45) is 5.92 Å². The van der Waals surface area contributed by atoms with E-state index in [9.17, 15) is 23.9 Å². The third-order valence-electron chi connectivity index (χ3n) is 5.02. The lowest BCUT2D eigenvalue weighted by Crippen LogP contribution is -2.42. The van der Waals surface area contributed by atoms with Gasteiger partial charge in [0, 0.05) is 32.2 Å². The van der Waals surface area contributed by atoms with Crippen LogP contribution in [-0.2, 0) is 19.5 Å². The van der Waals surface area contributed by atoms with Gasteiger partial charge < -0.3 is 19.9 Å². The molecule has 0 atom stereocenters. The molecule has 1 aliphatic rings. The van der Waals surface area contributed by atoms with Crippen LogP contribution in [0.2, 0.25) is 5.02 Å². The second-order valence-electron chi connectivity index (χ2n) is 7.66. The third kappa shape index (κ3) is 3.92. The maximum absolute atomic E-state index is 13.4. The average molecular weight is 436 g/mol. The zero-order valence-corrected chi connectivity index (χ0v) is 17.7. The quantitative estimate of drug-likeness (QED) is 0.755. The van der Waals surface area contributed by atoms with Crippen LogP contribution < -0.4 is 10.9 Å². The van der Waals surface area contributed by atoms with E-state index in [-0.39, 0.29) is 48.3 Å². The van der Waals surface area contributed by atoms with Gasteiger partial charge in [-0.15, -0.1) is 0 Å². The van der Waals surface area contributed by atoms with E-state index in [0.717, 1.165) is 0 Å². The van der Waals surface area contributed by atoms with Gasteiger partial charge in [0.15, 0.2) is 5.75 Å². The molecule has 2 aromatic rings. The Labute approximate surface area is 178 Å². The Kier molecular flexibility index (Phi) is 6.17. The number of hydrogen-bond acceptors (Lipinski definition) is 4. The molecule has 0 unspecified atom stereocenters. The molecule has 3 rings (SSSR count). The van der Waals surface area contributed by atoms with Gasteiger partial charge in [-0.1, -0.05) is 31.5 Å². The predicted octanol–water partition coefficient (Wildman–Crippen LogP) is 2.56. The fourth-order valence-corrected chi connectivity index (χ4v) is 3.87. The smallest absolute Gasteiger partial charge is 0.294 e. The van der Waals surface area contributed by atoms with Crippen LogP contribution in [0.25, 0.3) is 0 Å². The summed E-state index contributed by atoms with van der Waals surface area (Å²) < 4.78 is 14.6. The summed E-state index contributed by atoms with van der Waals surface area (Å²) >= 11 is 5.82. The number of fused-ring (bicyclic) bond motifs is 1. The zero-order chi connectivity index (χ0) is 22.2. The second-order valence-corrected chi connectivity index (χ2v) is 8.07. The van der Waals surface area contributed by atoms with Crippen LogP contribution in [0.15, 0.2) is 23.0 Å². The topological polar surface area (TPSA) is 91.6 Å². The fraction of sp³-hybridized carbons (Fsp3) is 0.381. The van der Waals surface area contributed by atoms with Gasteiger partial charge in [0.05, 0.1) is 10.6 Å². The standard InChI is InChI=1S/C21H23ClFN3O4/c1-11(2)9-26-17(19(28)24-3)13-6-7-25(20(29)16(13)18(27)21(26)30)10-12-4-5-15(23)14(22)8-12/h4-5,8,11,27H,6-7,9-10H2,1-3H3,(H,24,28). The van der Waals surface area contributed by atoms with Crippen molar-refractivity contribution in [1.82, 2.24) is 14.8 Å². The summed E-state index contributed by atoms with van der Waals surface area (Å²) in [5, 5.41) is 13.0. The molecule has 1 aromatic heterocycles. The van der Waals surface area contributed by atoms with E-state index < -0.39 is 28.9 Å². The molecular formula is C21H23ClFN3O4. The molecule has 160 valence electrons. The van der Waals surface area contributed by atoms with Gasteiger partial charge in [-0.05, 0) is 30.0 Å². The first-order chi connectivity index (χ1) is 14.1. The summed E-state index contributed by atoms with van der Waals surface area (Å²) in [6.07, 6.45) is 0.282. The SMILES string of the molecule is CNC(=O)c1c2c(c(O)c(=O)n1CC(C)C)C(=O)N(Cc1ccc(F)c(Cl)c1)CC2. The molecule has 2 amide bonds. The molecule has 30 heavy (non-hydrogen) atoms. The van der Waals surface area contributed by atoms with Crippen molar-refractivity contribution in [3.05, 3.63) is 61.8 Å². The number of benzene rings is 1. The van der Waals surface area contributed by atoms with Gasteiger partial charge in [0.25, 0.3) is 17.4 Å². The number of nitrogens with one attached hydrogen (secondary N) is 1. The van der Waals surface area contributed by atoms with E-state index in [1.807, 2.05) is 13.8 Å². The highest BCUT2D eigenvalue weighted by atomic mass is 35.5. The van der Waals surface area contributed by atoms with Gasteiger partial charge in [-0.3, -0.25) is 14.4 Å². The number of aromatic hydroxyl groups is 1. The van der Waals surface area contributed by atoms with Crippen molar-refractivity contribution in [3.63, 3.8) is 0 Å². The Balaban J connectivity index is 2.08. The number of aromatic nitrogens is 1. The monoisotopic (exact) mass is 435 g/mol. The Morgan fingerprint density at radius 1 is 1.33 bits per heavy atom. The molecule has 0 aliphatic carbocycles. The Bertz CT molecular complexity index is 1080. The molecule has 1 aliphatic heterocycles. The maximum Gasteiger partial charge on any atom is 0.294 e. The molecule has 1 aromatic carbocycles. The molecule has 7 nitrogen and oxygen atoms in total. The zero-order valence-electron chi connectivity index (χ0n) is 17.0. The number of pyridine rings is 1. The summed E-state index contributed by atoms with van der Waals surface area (Å²) in [6.45, 7) is 4.40. The Morgan fingerprint density at radius 3 is 2.63 bits per heavy atom. The highest BCUT2D eigenvalue weighted by Gasteiger charge is 2.34. The summed E-state index contributed by atoms with van der Waals surface area (Å²) in [5.74, 6) is -2.23. The molecule has 2 heterocycles. The summed E-state index contributed by atoms with van der Waals surface area (Å²) in [4.78, 5) is 39.9. The summed E-state index contributed by atoms with van der Waals surface area (Å²) in [6, 6.07) is 4.16. The lowest BCUT2D eigenvalue weighted by Gasteiger charge is -2.31. The van der Waals surface area contributed by atoms with Crippen molar-refractivity contribution in [1.29, 1.82) is 0 Å². The van der Waals surface area contributed by atoms with Crippen LogP contribution >= 0.6 is 11.6 Å². The number of carbonyl (C=O) groups excluding carboxylic acids is 2. The van der Waals surface area contributed by atoms with Crippen LogP contribution in [0.1, 0.15) is 45.8 Å². The van der Waals surface area contributed by atoms with Crippen LogP contribution in [0.3, 0.4) is 0 Å². The van der Waals surface area contributed by atoms with Crippen LogP contribution in [0, 0.1) is 11.7 Å². The first kappa shape index (κ1) is 21.8. The van der Waals surface area contributed by atoms with E-state index in [1.165, 1.54) is 34.7 Å². The number of carbonyl (C=O) groups is 2. The van der Waals surface area contributed by atoms with Gasteiger partial charge in [-0.25, -0.2) is 4.39 Å². The van der Waals surface area contributed by atoms with Gasteiger partial charge in [0.2, 0.25) is 0 Å². The number of nitrogens with zero attached hydrogens (tertiary/aromatic N) is 2. The van der Waals surface area contributed by atoms with E-state index in [2.05, 4.69) is 5.32 Å². The number of amides is 2. The van der Waals surface area contributed by atoms with Crippen molar-refractivity contribution >= 4 is 23.4 Å². The van der Waals surface area contributed by atoms with Crippen molar-refractivity contribution in [2.75, 3.05) is 13.6 Å². The van der Waals surface area contributed by atoms with E-state index >= 15 is 0 Å². The highest BCUT2D eigenvalue weighted by molar-refractivity contribution is 6.30. The minimum Gasteiger partial charge on any atom is -0.502 e. The molecule has 0 bridgehead atoms. The first-order valence-corrected chi connectivity index (χ1v) is 9.97. The molecule has 0 fully saturated rings. The first-order valence-electron chi connectivity index (χ1n) is 9.59. The summed E-state index contributed by atoms with van der Waals surface area (Å²) in [5.41, 5.74) is 0.129. The number of hydrogen-bond donors (Lipinski definition) is 2. The normalized spacial score (nSPS) is 13.5. The second kappa shape index (κ2) is 8.47. The van der Waals surface area contributed by atoms with Gasteiger partial charge in [0.1, 0.15) is 11.5 Å². The fourth-order valence-electron chi connectivity index (χ4n) is 3.67. The molecule has 0 saturated carbocycles. The van der Waals surface area contributed by atoms with Crippen LogP contribution in [0.5, 0.6) is 5.75 Å². The van der Waals surface area contributed by atoms with Crippen molar-refractivity contribution < 1.29 is 19.1 Å². The van der Waals surface area contributed by atoms with E-state index in [1.54, 1.807) is 0 Å². The lowest BCUT2D eigenvalue weighted by atomic mass is 9.95. The van der Waals surface area contributed by atoms with Crippen molar-refractivity contribution in [2.45, 2.75) is 33.4 Å². The van der Waals surface area contributed by atoms with Crippen molar-refractivity contribution in [3.8, 4) is 5.75 Å². The van der Waals surface area contributed by atoms with Gasteiger partial charge >= 0.3 is 0 Å². The average Bonchev–Trinajstić information content (AvgIpc) is 2.69. The molecule has 0 saturated heterocycles. The lowest BCUT2D eigenvalue weighted by molar-refractivity contribution is 0.0721. The Morgan fingerprint density at radius 2 is 2.03 bits per heavy atom. The molecule has 9 heteroatoms. The minimum absolute atomic E-state index is 0.0440. The van der Waals surface area contributed by atoms with E-state index in [0.29, 0.717) is 11.1 Å². The molecule has 0 radical (unpaired) electrons. The largest absolute Gasteiger partial charge is 0.502 e. The summed E-state index contributed by atoms with van der Waals surface area (Å²) in [7, 11) is 1.45. The molecule has 0 spiro atoms. The maximum atomic E-state index is 13.4. The van der Waals surface area contributed by atoms with E-state index in [4.69, 9.17) is 11.6 Å². The third-order valence-corrected chi connectivity index (χ3v) is 5.31. The highest BCUT2D eigenvalue weighted by Crippen LogP contribution is 2.29. The molecular weight excluding hydrogens is 413 g/mol. The Hall–Kier alpha value is -2.87. The number of rotatable bonds is 5. The number of halogens is 2. The van der Waals surface area contributed by atoms with Gasteiger partial charge in [-0.2, -0.15) is 0 Å². The molecule has 2 N–H and O–H groups in total. The van der Waals surface area contributed by atoms with Crippen LogP contribution in [0.4, 0.5) is 4.39 Å². The minimum atomic E-state index is -0.777. The van der Waals surface area contributed by atoms with Crippen LogP contribution in [-0.4, -0.2) is 40.0 Å². The predicted molar refractivity (Wildman–Crippen MR) is 110 cm³/mol.